The summed E-state index contributed by atoms with van der Waals surface area (Å²) in [5.41, 5.74) is 5.66. The molecule has 2 aromatic rings. The van der Waals surface area contributed by atoms with Crippen LogP contribution >= 0.6 is 22.7 Å². The number of ether oxygens (including phenoxy) is 1. The lowest BCUT2D eigenvalue weighted by molar-refractivity contribution is 0.113. The van der Waals surface area contributed by atoms with E-state index in [4.69, 9.17) is 4.74 Å². The van der Waals surface area contributed by atoms with Crippen molar-refractivity contribution in [1.29, 1.82) is 0 Å². The SMILES string of the molecule is Cc1csc2c1-c1c(C)csc1COC2. The molecule has 0 fully saturated rings. The molecule has 0 spiro atoms. The molecule has 0 aromatic carbocycles. The fourth-order valence-corrected chi connectivity index (χ4v) is 4.05. The second-order valence-corrected chi connectivity index (χ2v) is 5.85. The first-order valence-electron chi connectivity index (χ1n) is 4.99. The average molecular weight is 236 g/mol. The van der Waals surface area contributed by atoms with E-state index in [1.807, 2.05) is 22.7 Å². The zero-order valence-corrected chi connectivity index (χ0v) is 10.4. The monoisotopic (exact) mass is 236 g/mol. The molecule has 2 aromatic heterocycles. The van der Waals surface area contributed by atoms with Crippen LogP contribution < -0.4 is 0 Å². The van der Waals surface area contributed by atoms with Crippen LogP contribution in [0.4, 0.5) is 0 Å². The van der Waals surface area contributed by atoms with Crippen molar-refractivity contribution in [2.45, 2.75) is 27.1 Å². The second-order valence-electron chi connectivity index (χ2n) is 3.93. The van der Waals surface area contributed by atoms with Gasteiger partial charge in [0.1, 0.15) is 0 Å². The summed E-state index contributed by atoms with van der Waals surface area (Å²) in [6, 6.07) is 0. The third-order valence-electron chi connectivity index (χ3n) is 2.82. The van der Waals surface area contributed by atoms with Crippen molar-refractivity contribution in [3.63, 3.8) is 0 Å². The van der Waals surface area contributed by atoms with Gasteiger partial charge in [0.05, 0.1) is 13.2 Å². The maximum absolute atomic E-state index is 5.69. The highest BCUT2D eigenvalue weighted by atomic mass is 32.1. The summed E-state index contributed by atoms with van der Waals surface area (Å²) in [6.45, 7) is 5.94. The average Bonchev–Trinajstić information content (AvgIpc) is 2.68. The maximum Gasteiger partial charge on any atom is 0.0820 e. The van der Waals surface area contributed by atoms with Gasteiger partial charge in [0, 0.05) is 20.9 Å². The summed E-state index contributed by atoms with van der Waals surface area (Å²) in [5.74, 6) is 0. The summed E-state index contributed by atoms with van der Waals surface area (Å²) in [7, 11) is 0. The van der Waals surface area contributed by atoms with Crippen LogP contribution in [-0.4, -0.2) is 0 Å². The van der Waals surface area contributed by atoms with Crippen LogP contribution in [0.25, 0.3) is 11.1 Å². The Morgan fingerprint density at radius 3 is 1.87 bits per heavy atom. The maximum atomic E-state index is 5.69. The minimum absolute atomic E-state index is 0.772. The molecule has 0 saturated carbocycles. The van der Waals surface area contributed by atoms with Crippen molar-refractivity contribution in [1.82, 2.24) is 0 Å². The molecular weight excluding hydrogens is 224 g/mol. The normalized spacial score (nSPS) is 14.5. The van der Waals surface area contributed by atoms with E-state index < -0.39 is 0 Å². The number of hydrogen-bond donors (Lipinski definition) is 0. The van der Waals surface area contributed by atoms with Crippen LogP contribution in [-0.2, 0) is 18.0 Å². The minimum atomic E-state index is 0.772. The van der Waals surface area contributed by atoms with Crippen LogP contribution in [0, 0.1) is 13.8 Å². The van der Waals surface area contributed by atoms with E-state index in [1.54, 1.807) is 0 Å². The van der Waals surface area contributed by atoms with E-state index in [1.165, 1.54) is 32.0 Å². The van der Waals surface area contributed by atoms with Gasteiger partial charge in [-0.25, -0.2) is 0 Å². The molecule has 0 bridgehead atoms. The highest BCUT2D eigenvalue weighted by molar-refractivity contribution is 7.11. The van der Waals surface area contributed by atoms with Gasteiger partial charge in [0.15, 0.2) is 0 Å². The van der Waals surface area contributed by atoms with Crippen molar-refractivity contribution in [2.24, 2.45) is 0 Å². The van der Waals surface area contributed by atoms with Crippen molar-refractivity contribution >= 4 is 22.7 Å². The minimum Gasteiger partial charge on any atom is -0.370 e. The topological polar surface area (TPSA) is 9.23 Å². The Kier molecular flexibility index (Phi) is 2.20. The second kappa shape index (κ2) is 3.44. The molecule has 3 rings (SSSR count). The van der Waals surface area contributed by atoms with E-state index in [9.17, 15) is 0 Å². The molecule has 1 aliphatic heterocycles. The Labute approximate surface area is 97.3 Å². The molecule has 0 atom stereocenters. The van der Waals surface area contributed by atoms with Gasteiger partial charge in [-0.05, 0) is 35.7 Å². The standard InChI is InChI=1S/C12H12OS2/c1-7-5-14-9-3-13-4-10-12(11(7)9)8(2)6-15-10/h5-6H,3-4H2,1-2H3. The van der Waals surface area contributed by atoms with Crippen molar-refractivity contribution < 1.29 is 4.74 Å². The Morgan fingerprint density at radius 1 is 0.933 bits per heavy atom. The summed E-state index contributed by atoms with van der Waals surface area (Å²) in [4.78, 5) is 2.76. The van der Waals surface area contributed by atoms with E-state index >= 15 is 0 Å². The van der Waals surface area contributed by atoms with Gasteiger partial charge >= 0.3 is 0 Å². The van der Waals surface area contributed by atoms with E-state index in [2.05, 4.69) is 24.6 Å². The van der Waals surface area contributed by atoms with E-state index in [-0.39, 0.29) is 0 Å². The molecule has 1 aliphatic rings. The van der Waals surface area contributed by atoms with Crippen molar-refractivity contribution in [2.75, 3.05) is 0 Å². The number of fused-ring (bicyclic) bond motifs is 3. The van der Waals surface area contributed by atoms with Gasteiger partial charge in [0.2, 0.25) is 0 Å². The van der Waals surface area contributed by atoms with E-state index in [0.717, 1.165) is 13.2 Å². The summed E-state index contributed by atoms with van der Waals surface area (Å²) in [6.07, 6.45) is 0. The highest BCUT2D eigenvalue weighted by Crippen LogP contribution is 2.42. The van der Waals surface area contributed by atoms with Crippen LogP contribution in [0.3, 0.4) is 0 Å². The number of rotatable bonds is 0. The fourth-order valence-electron chi connectivity index (χ4n) is 2.12. The quantitative estimate of drug-likeness (QED) is 0.668. The number of thiophene rings is 2. The highest BCUT2D eigenvalue weighted by Gasteiger charge is 2.21. The molecule has 0 N–H and O–H groups in total. The van der Waals surface area contributed by atoms with Gasteiger partial charge in [-0.2, -0.15) is 0 Å². The molecule has 0 radical (unpaired) electrons. The molecule has 1 nitrogen and oxygen atoms in total. The molecule has 0 aliphatic carbocycles. The molecule has 0 saturated heterocycles. The van der Waals surface area contributed by atoms with E-state index in [0.29, 0.717) is 0 Å². The van der Waals surface area contributed by atoms with Crippen molar-refractivity contribution in [3.8, 4) is 11.1 Å². The smallest absolute Gasteiger partial charge is 0.0820 e. The Balaban J connectivity index is 2.33. The molecule has 3 heteroatoms. The zero-order valence-electron chi connectivity index (χ0n) is 8.79. The Morgan fingerprint density at radius 2 is 1.40 bits per heavy atom. The lowest BCUT2D eigenvalue weighted by atomic mass is 10.0. The van der Waals surface area contributed by atoms with Crippen LogP contribution in [0.2, 0.25) is 0 Å². The summed E-state index contributed by atoms with van der Waals surface area (Å²) >= 11 is 3.64. The van der Waals surface area contributed by atoms with Crippen molar-refractivity contribution in [3.05, 3.63) is 31.6 Å². The Bertz CT molecular complexity index is 461. The molecule has 3 heterocycles. The fraction of sp³-hybridized carbons (Fsp3) is 0.333. The van der Waals surface area contributed by atoms with Crippen LogP contribution in [0.15, 0.2) is 10.8 Å². The molecular formula is C12H12OS2. The molecule has 15 heavy (non-hydrogen) atoms. The molecule has 78 valence electrons. The summed E-state index contributed by atoms with van der Waals surface area (Å²) < 4.78 is 5.69. The molecule has 0 unspecified atom stereocenters. The lowest BCUT2D eigenvalue weighted by Gasteiger charge is -2.02. The van der Waals surface area contributed by atoms with Gasteiger partial charge in [-0.15, -0.1) is 22.7 Å². The first-order chi connectivity index (χ1) is 7.27. The third-order valence-corrected chi connectivity index (χ3v) is 4.97. The lowest BCUT2D eigenvalue weighted by Crippen LogP contribution is -1.85. The predicted molar refractivity (Wildman–Crippen MR) is 65.6 cm³/mol. The largest absolute Gasteiger partial charge is 0.370 e. The zero-order chi connectivity index (χ0) is 10.4. The third kappa shape index (κ3) is 1.38. The predicted octanol–water partition coefficient (Wildman–Crippen LogP) is 4.12. The van der Waals surface area contributed by atoms with Gasteiger partial charge in [-0.1, -0.05) is 0 Å². The van der Waals surface area contributed by atoms with Crippen LogP contribution in [0.1, 0.15) is 20.9 Å². The number of hydrogen-bond acceptors (Lipinski definition) is 3. The Hall–Kier alpha value is -0.640. The first-order valence-corrected chi connectivity index (χ1v) is 6.75. The van der Waals surface area contributed by atoms with Gasteiger partial charge in [-0.3, -0.25) is 0 Å². The van der Waals surface area contributed by atoms with Gasteiger partial charge < -0.3 is 4.74 Å². The number of aryl methyl sites for hydroxylation is 2. The molecule has 0 amide bonds. The first kappa shape index (κ1) is 9.58. The summed E-state index contributed by atoms with van der Waals surface area (Å²) in [5, 5.41) is 4.47. The van der Waals surface area contributed by atoms with Gasteiger partial charge in [0.25, 0.3) is 0 Å². The van der Waals surface area contributed by atoms with Crippen LogP contribution in [0.5, 0.6) is 0 Å².